The number of allylic oxidation sites excluding steroid dienone is 1. The van der Waals surface area contributed by atoms with Gasteiger partial charge in [0, 0.05) is 0 Å². The van der Waals surface area contributed by atoms with Gasteiger partial charge in [-0.3, -0.25) is 0 Å². The Bertz CT molecular complexity index is 126. The lowest BCUT2D eigenvalue weighted by Crippen LogP contribution is -2.15. The molecule has 0 heterocycles. The maximum absolute atomic E-state index is 9.28. The van der Waals surface area contributed by atoms with E-state index in [-0.39, 0.29) is 0 Å². The molecule has 1 aliphatic carbocycles. The first-order chi connectivity index (χ1) is 3.60. The third-order valence-electron chi connectivity index (χ3n) is 1.34. The van der Waals surface area contributed by atoms with Crippen molar-refractivity contribution in [1.29, 1.82) is 0 Å². The summed E-state index contributed by atoms with van der Waals surface area (Å²) in [6.45, 7) is 1.85. The van der Waals surface area contributed by atoms with E-state index in [0.717, 1.165) is 12.8 Å². The fourth-order valence-corrected chi connectivity index (χ4v) is 1.79. The first-order valence-corrected chi connectivity index (χ1v) is 3.78. The van der Waals surface area contributed by atoms with Crippen molar-refractivity contribution >= 4 is 22.6 Å². The van der Waals surface area contributed by atoms with Gasteiger partial charge in [-0.1, -0.05) is 0 Å². The fraction of sp³-hybridized carbons (Fsp3) is 0.667. The van der Waals surface area contributed by atoms with E-state index in [9.17, 15) is 5.11 Å². The SMILES string of the molecule is CC1(O)C=C(I)CC1. The fourth-order valence-electron chi connectivity index (χ4n) is 0.854. The van der Waals surface area contributed by atoms with E-state index in [1.165, 1.54) is 3.58 Å². The van der Waals surface area contributed by atoms with Crippen LogP contribution in [-0.4, -0.2) is 10.7 Å². The average Bonchev–Trinajstić information content (AvgIpc) is 1.82. The lowest BCUT2D eigenvalue weighted by molar-refractivity contribution is 0.112. The summed E-state index contributed by atoms with van der Waals surface area (Å²) in [4.78, 5) is 0. The van der Waals surface area contributed by atoms with Crippen molar-refractivity contribution in [3.8, 4) is 0 Å². The quantitative estimate of drug-likeness (QED) is 0.622. The molecule has 1 N–H and O–H groups in total. The topological polar surface area (TPSA) is 20.2 Å². The molecule has 0 amide bonds. The predicted octanol–water partition coefficient (Wildman–Crippen LogP) is 1.85. The number of hydrogen-bond donors (Lipinski definition) is 1. The maximum atomic E-state index is 9.28. The monoisotopic (exact) mass is 224 g/mol. The van der Waals surface area contributed by atoms with Crippen molar-refractivity contribution < 1.29 is 5.11 Å². The van der Waals surface area contributed by atoms with Crippen molar-refractivity contribution in [2.24, 2.45) is 0 Å². The molecular formula is C6H9IO. The van der Waals surface area contributed by atoms with Gasteiger partial charge >= 0.3 is 0 Å². The Morgan fingerprint density at radius 2 is 2.50 bits per heavy atom. The zero-order valence-electron chi connectivity index (χ0n) is 4.82. The molecule has 0 saturated carbocycles. The van der Waals surface area contributed by atoms with Crippen LogP contribution in [0.1, 0.15) is 19.8 Å². The minimum Gasteiger partial charge on any atom is -0.386 e. The summed E-state index contributed by atoms with van der Waals surface area (Å²) in [6, 6.07) is 0. The van der Waals surface area contributed by atoms with E-state index in [1.807, 2.05) is 13.0 Å². The van der Waals surface area contributed by atoms with E-state index < -0.39 is 5.60 Å². The number of aliphatic hydroxyl groups is 1. The van der Waals surface area contributed by atoms with E-state index in [1.54, 1.807) is 0 Å². The average molecular weight is 224 g/mol. The van der Waals surface area contributed by atoms with Gasteiger partial charge in [0.1, 0.15) is 0 Å². The van der Waals surface area contributed by atoms with Crippen LogP contribution >= 0.6 is 22.6 Å². The molecule has 46 valence electrons. The van der Waals surface area contributed by atoms with Crippen molar-refractivity contribution in [3.63, 3.8) is 0 Å². The Labute approximate surface area is 62.9 Å². The van der Waals surface area contributed by atoms with Gasteiger partial charge in [0.15, 0.2) is 0 Å². The van der Waals surface area contributed by atoms with Gasteiger partial charge in [-0.15, -0.1) is 0 Å². The Morgan fingerprint density at radius 3 is 2.62 bits per heavy atom. The summed E-state index contributed by atoms with van der Waals surface area (Å²) in [5.41, 5.74) is -0.503. The van der Waals surface area contributed by atoms with Gasteiger partial charge in [0.05, 0.1) is 5.60 Å². The van der Waals surface area contributed by atoms with Crippen LogP contribution in [0.4, 0.5) is 0 Å². The molecule has 2 heteroatoms. The second-order valence-corrected chi connectivity index (χ2v) is 3.83. The Hall–Kier alpha value is 0.430. The van der Waals surface area contributed by atoms with Crippen LogP contribution in [0.15, 0.2) is 9.66 Å². The van der Waals surface area contributed by atoms with Crippen LogP contribution < -0.4 is 0 Å². The maximum Gasteiger partial charge on any atom is 0.0813 e. The summed E-state index contributed by atoms with van der Waals surface area (Å²) in [5.74, 6) is 0. The van der Waals surface area contributed by atoms with E-state index >= 15 is 0 Å². The lowest BCUT2D eigenvalue weighted by Gasteiger charge is -2.10. The van der Waals surface area contributed by atoms with Gasteiger partial charge in [-0.05, 0) is 52.0 Å². The number of hydrogen-bond acceptors (Lipinski definition) is 1. The molecule has 0 bridgehead atoms. The molecule has 1 atom stereocenters. The molecule has 0 aromatic heterocycles. The second kappa shape index (κ2) is 1.99. The third-order valence-corrected chi connectivity index (χ3v) is 2.19. The molecule has 0 radical (unpaired) electrons. The zero-order valence-corrected chi connectivity index (χ0v) is 6.97. The predicted molar refractivity (Wildman–Crippen MR) is 42.0 cm³/mol. The number of rotatable bonds is 0. The summed E-state index contributed by atoms with van der Waals surface area (Å²) in [5, 5.41) is 9.28. The first-order valence-electron chi connectivity index (χ1n) is 2.70. The zero-order chi connectivity index (χ0) is 6.20. The molecule has 1 nitrogen and oxygen atoms in total. The smallest absolute Gasteiger partial charge is 0.0813 e. The normalized spacial score (nSPS) is 37.6. The molecule has 0 aromatic rings. The highest BCUT2D eigenvalue weighted by molar-refractivity contribution is 14.1. The summed E-state index contributed by atoms with van der Waals surface area (Å²) < 4.78 is 1.28. The van der Waals surface area contributed by atoms with Gasteiger partial charge in [0.2, 0.25) is 0 Å². The molecule has 8 heavy (non-hydrogen) atoms. The molecule has 0 saturated heterocycles. The highest BCUT2D eigenvalue weighted by atomic mass is 127. The molecule has 1 aliphatic rings. The molecular weight excluding hydrogens is 215 g/mol. The standard InChI is InChI=1S/C6H9IO/c1-6(8)3-2-5(7)4-6/h4,8H,2-3H2,1H3. The summed E-state index contributed by atoms with van der Waals surface area (Å²) in [7, 11) is 0. The van der Waals surface area contributed by atoms with E-state index in [4.69, 9.17) is 0 Å². The molecule has 0 aromatic carbocycles. The largest absolute Gasteiger partial charge is 0.386 e. The summed E-state index contributed by atoms with van der Waals surface area (Å²) >= 11 is 2.26. The molecule has 0 fully saturated rings. The van der Waals surface area contributed by atoms with Gasteiger partial charge < -0.3 is 5.11 Å². The lowest BCUT2D eigenvalue weighted by atomic mass is 10.1. The van der Waals surface area contributed by atoms with Crippen molar-refractivity contribution in [1.82, 2.24) is 0 Å². The summed E-state index contributed by atoms with van der Waals surface area (Å²) in [6.07, 6.45) is 3.87. The van der Waals surface area contributed by atoms with Crippen molar-refractivity contribution in [2.45, 2.75) is 25.4 Å². The van der Waals surface area contributed by atoms with Crippen LogP contribution in [0, 0.1) is 0 Å². The Kier molecular flexibility index (Phi) is 1.63. The highest BCUT2D eigenvalue weighted by Crippen LogP contribution is 2.30. The number of halogens is 1. The Balaban J connectivity index is 2.67. The van der Waals surface area contributed by atoms with Gasteiger partial charge in [0.25, 0.3) is 0 Å². The van der Waals surface area contributed by atoms with E-state index in [2.05, 4.69) is 22.6 Å². The Morgan fingerprint density at radius 1 is 1.88 bits per heavy atom. The van der Waals surface area contributed by atoms with Gasteiger partial charge in [-0.2, -0.15) is 0 Å². The minimum atomic E-state index is -0.503. The first kappa shape index (κ1) is 6.55. The van der Waals surface area contributed by atoms with Crippen LogP contribution in [0.5, 0.6) is 0 Å². The van der Waals surface area contributed by atoms with Crippen LogP contribution in [0.3, 0.4) is 0 Å². The molecule has 0 spiro atoms. The van der Waals surface area contributed by atoms with Crippen LogP contribution in [0.25, 0.3) is 0 Å². The van der Waals surface area contributed by atoms with Crippen molar-refractivity contribution in [3.05, 3.63) is 9.66 Å². The van der Waals surface area contributed by atoms with Crippen LogP contribution in [-0.2, 0) is 0 Å². The molecule has 1 rings (SSSR count). The molecule has 0 aliphatic heterocycles. The molecule has 1 unspecified atom stereocenters. The minimum absolute atomic E-state index is 0.503. The highest BCUT2D eigenvalue weighted by Gasteiger charge is 2.22. The van der Waals surface area contributed by atoms with Gasteiger partial charge in [-0.25, -0.2) is 0 Å². The van der Waals surface area contributed by atoms with E-state index in [0.29, 0.717) is 0 Å². The second-order valence-electron chi connectivity index (χ2n) is 2.45. The van der Waals surface area contributed by atoms with Crippen molar-refractivity contribution in [2.75, 3.05) is 0 Å². The van der Waals surface area contributed by atoms with Crippen LogP contribution in [0.2, 0.25) is 0 Å². The third kappa shape index (κ3) is 1.45.